The number of pyridine rings is 2. The van der Waals surface area contributed by atoms with Crippen molar-refractivity contribution in [2.45, 2.75) is 6.54 Å². The van der Waals surface area contributed by atoms with Gasteiger partial charge in [-0.15, -0.1) is 37.2 Å². The van der Waals surface area contributed by atoms with Crippen LogP contribution in [-0.4, -0.2) is 86.2 Å². The minimum atomic E-state index is -0.242. The maximum absolute atomic E-state index is 13.2. The molecule has 0 radical (unpaired) electrons. The summed E-state index contributed by atoms with van der Waals surface area (Å²) in [7, 11) is 2.15. The molecular formula is C28H33Cl3N8O2. The molecule has 1 N–H and O–H groups in total. The Bertz CT molecular complexity index is 1570. The molecule has 1 aliphatic rings. The lowest BCUT2D eigenvalue weighted by molar-refractivity contribution is 0.102. The van der Waals surface area contributed by atoms with E-state index in [1.165, 1.54) is 0 Å². The zero-order chi connectivity index (χ0) is 25.9. The minimum absolute atomic E-state index is 0. The second-order valence-corrected chi connectivity index (χ2v) is 9.58. The van der Waals surface area contributed by atoms with Crippen molar-refractivity contribution < 1.29 is 9.53 Å². The van der Waals surface area contributed by atoms with E-state index in [4.69, 9.17) is 4.74 Å². The third-order valence-corrected chi connectivity index (χ3v) is 6.98. The second-order valence-electron chi connectivity index (χ2n) is 9.58. The fourth-order valence-electron chi connectivity index (χ4n) is 4.77. The van der Waals surface area contributed by atoms with Gasteiger partial charge in [-0.2, -0.15) is 5.10 Å². The van der Waals surface area contributed by atoms with Crippen molar-refractivity contribution in [3.05, 3.63) is 84.7 Å². The molecule has 0 aliphatic carbocycles. The summed E-state index contributed by atoms with van der Waals surface area (Å²) in [4.78, 5) is 26.6. The highest BCUT2D eigenvalue weighted by Gasteiger charge is 2.16. The average molecular weight is 620 g/mol. The third kappa shape index (κ3) is 7.27. The fourth-order valence-corrected chi connectivity index (χ4v) is 4.77. The molecule has 6 rings (SSSR count). The number of rotatable bonds is 8. The van der Waals surface area contributed by atoms with E-state index in [0.29, 0.717) is 30.2 Å². The third-order valence-electron chi connectivity index (χ3n) is 6.98. The normalized spacial score (nSPS) is 13.7. The maximum atomic E-state index is 13.2. The number of aromatic nitrogens is 5. The molecular weight excluding hydrogens is 587 g/mol. The number of piperazine rings is 1. The highest BCUT2D eigenvalue weighted by Crippen LogP contribution is 2.25. The number of hydrogen-bond donors (Lipinski definition) is 1. The molecule has 218 valence electrons. The van der Waals surface area contributed by atoms with Crippen LogP contribution in [0, 0.1) is 0 Å². The van der Waals surface area contributed by atoms with Crippen LogP contribution in [-0.2, 0) is 6.54 Å². The topological polar surface area (TPSA) is 92.8 Å². The Kier molecular flexibility index (Phi) is 11.3. The van der Waals surface area contributed by atoms with Gasteiger partial charge in [0.1, 0.15) is 23.7 Å². The molecule has 13 heteroatoms. The van der Waals surface area contributed by atoms with Crippen LogP contribution in [0.4, 0.5) is 5.69 Å². The van der Waals surface area contributed by atoms with Gasteiger partial charge in [-0.3, -0.25) is 23.8 Å². The SMILES string of the molecule is CN1CCN(CCOc2ccn3c(C(=O)Nc4cccc5c4cnn5Cc4cccnc4)cnc3c2)CC1.Cl.Cl.Cl. The number of halogens is 3. The van der Waals surface area contributed by atoms with Crippen LogP contribution in [0.15, 0.2) is 73.4 Å². The minimum Gasteiger partial charge on any atom is -0.492 e. The molecule has 0 spiro atoms. The molecule has 0 saturated carbocycles. The van der Waals surface area contributed by atoms with Crippen LogP contribution in [0.5, 0.6) is 5.75 Å². The number of hydrogen-bond acceptors (Lipinski definition) is 7. The van der Waals surface area contributed by atoms with E-state index < -0.39 is 0 Å². The number of nitrogens with one attached hydrogen (secondary N) is 1. The van der Waals surface area contributed by atoms with Crippen LogP contribution < -0.4 is 10.1 Å². The lowest BCUT2D eigenvalue weighted by atomic mass is 10.2. The summed E-state index contributed by atoms with van der Waals surface area (Å²) in [5, 5.41) is 8.45. The van der Waals surface area contributed by atoms with Gasteiger partial charge in [0.05, 0.1) is 30.1 Å². The molecule has 4 aromatic heterocycles. The first-order valence-electron chi connectivity index (χ1n) is 12.8. The van der Waals surface area contributed by atoms with Gasteiger partial charge >= 0.3 is 0 Å². The van der Waals surface area contributed by atoms with Crippen LogP contribution in [0.3, 0.4) is 0 Å². The van der Waals surface area contributed by atoms with Gasteiger partial charge in [-0.05, 0) is 36.9 Å². The van der Waals surface area contributed by atoms with Crippen LogP contribution in [0.25, 0.3) is 16.6 Å². The van der Waals surface area contributed by atoms with Crippen molar-refractivity contribution >= 4 is 65.4 Å². The molecule has 0 unspecified atom stereocenters. The molecule has 0 atom stereocenters. The summed E-state index contributed by atoms with van der Waals surface area (Å²) in [6.45, 7) is 6.42. The largest absolute Gasteiger partial charge is 0.492 e. The summed E-state index contributed by atoms with van der Waals surface area (Å²) >= 11 is 0. The fraction of sp³-hybridized carbons (Fsp3) is 0.286. The first kappa shape index (κ1) is 32.1. The molecule has 5 heterocycles. The van der Waals surface area contributed by atoms with Crippen molar-refractivity contribution in [1.29, 1.82) is 0 Å². The van der Waals surface area contributed by atoms with Gasteiger partial charge in [0, 0.05) is 62.8 Å². The lowest BCUT2D eigenvalue weighted by Gasteiger charge is -2.32. The average Bonchev–Trinajstić information content (AvgIpc) is 3.55. The van der Waals surface area contributed by atoms with Crippen molar-refractivity contribution in [1.82, 2.24) is 33.9 Å². The molecule has 1 aliphatic heterocycles. The zero-order valence-corrected chi connectivity index (χ0v) is 25.0. The highest BCUT2D eigenvalue weighted by atomic mass is 35.5. The lowest BCUT2D eigenvalue weighted by Crippen LogP contribution is -2.45. The van der Waals surface area contributed by atoms with E-state index in [9.17, 15) is 4.79 Å². The number of fused-ring (bicyclic) bond motifs is 2. The number of nitrogens with zero attached hydrogens (tertiary/aromatic N) is 7. The smallest absolute Gasteiger partial charge is 0.274 e. The molecule has 1 amide bonds. The molecule has 41 heavy (non-hydrogen) atoms. The van der Waals surface area contributed by atoms with Crippen LogP contribution in [0.1, 0.15) is 16.1 Å². The molecule has 1 saturated heterocycles. The number of carbonyl (C=O) groups is 1. The zero-order valence-electron chi connectivity index (χ0n) is 22.5. The number of benzene rings is 1. The molecule has 1 aromatic carbocycles. The highest BCUT2D eigenvalue weighted by molar-refractivity contribution is 6.08. The first-order chi connectivity index (χ1) is 18.6. The van der Waals surface area contributed by atoms with Crippen molar-refractivity contribution in [2.24, 2.45) is 0 Å². The van der Waals surface area contributed by atoms with E-state index in [2.05, 4.69) is 37.2 Å². The number of carbonyl (C=O) groups excluding carboxylic acids is 1. The quantitative estimate of drug-likeness (QED) is 0.277. The molecule has 10 nitrogen and oxygen atoms in total. The Morgan fingerprint density at radius 3 is 2.61 bits per heavy atom. The van der Waals surface area contributed by atoms with Gasteiger partial charge in [-0.25, -0.2) is 4.98 Å². The Labute approximate surface area is 256 Å². The van der Waals surface area contributed by atoms with E-state index in [1.807, 2.05) is 59.5 Å². The molecule has 1 fully saturated rings. The van der Waals surface area contributed by atoms with Gasteiger partial charge in [0.2, 0.25) is 0 Å². The van der Waals surface area contributed by atoms with E-state index in [-0.39, 0.29) is 43.1 Å². The van der Waals surface area contributed by atoms with E-state index in [1.54, 1.807) is 23.0 Å². The Morgan fingerprint density at radius 1 is 1.00 bits per heavy atom. The predicted molar refractivity (Wildman–Crippen MR) is 167 cm³/mol. The van der Waals surface area contributed by atoms with E-state index >= 15 is 0 Å². The standard InChI is InChI=1S/C28H30N8O2.3ClH/c1-33-10-12-34(13-11-33)14-15-38-22-7-9-35-26(19-30-27(35)16-22)28(37)32-24-5-2-6-25-23(24)18-31-36(25)20-21-4-3-8-29-17-21;;;/h2-9,16-19H,10-15,20H2,1H3,(H,32,37);3*1H. The van der Waals surface area contributed by atoms with Gasteiger partial charge in [0.25, 0.3) is 5.91 Å². The maximum Gasteiger partial charge on any atom is 0.274 e. The van der Waals surface area contributed by atoms with Crippen molar-refractivity contribution in [3.8, 4) is 5.75 Å². The number of amides is 1. The summed E-state index contributed by atoms with van der Waals surface area (Å²) in [6, 6.07) is 13.5. The van der Waals surface area contributed by atoms with E-state index in [0.717, 1.165) is 54.9 Å². The Hall–Kier alpha value is -3.41. The van der Waals surface area contributed by atoms with Crippen molar-refractivity contribution in [2.75, 3.05) is 51.7 Å². The van der Waals surface area contributed by atoms with Crippen LogP contribution >= 0.6 is 37.2 Å². The summed E-state index contributed by atoms with van der Waals surface area (Å²) in [5.74, 6) is 0.503. The number of anilines is 1. The number of imidazole rings is 1. The summed E-state index contributed by atoms with van der Waals surface area (Å²) in [5.41, 5.74) is 3.80. The van der Waals surface area contributed by atoms with Gasteiger partial charge in [-0.1, -0.05) is 12.1 Å². The molecule has 5 aromatic rings. The monoisotopic (exact) mass is 618 g/mol. The van der Waals surface area contributed by atoms with Crippen molar-refractivity contribution in [3.63, 3.8) is 0 Å². The first-order valence-corrected chi connectivity index (χ1v) is 12.8. The summed E-state index contributed by atoms with van der Waals surface area (Å²) < 4.78 is 9.66. The van der Waals surface area contributed by atoms with Crippen LogP contribution in [0.2, 0.25) is 0 Å². The van der Waals surface area contributed by atoms with Gasteiger partial charge in [0.15, 0.2) is 0 Å². The Morgan fingerprint density at radius 2 is 1.83 bits per heavy atom. The Balaban J connectivity index is 0.00000154. The van der Waals surface area contributed by atoms with Gasteiger partial charge < -0.3 is 15.0 Å². The number of likely N-dealkylation sites (N-methyl/N-ethyl adjacent to an activating group) is 1. The number of ether oxygens (including phenoxy) is 1. The molecule has 0 bridgehead atoms. The predicted octanol–water partition coefficient (Wildman–Crippen LogP) is 4.27. The summed E-state index contributed by atoms with van der Waals surface area (Å²) in [6.07, 6.45) is 8.77. The second kappa shape index (κ2) is 14.5.